The highest BCUT2D eigenvalue weighted by atomic mass is 14.8. The van der Waals surface area contributed by atoms with Crippen molar-refractivity contribution in [1.82, 2.24) is 0 Å². The zero-order valence-corrected chi connectivity index (χ0v) is 8.99. The van der Waals surface area contributed by atoms with E-state index in [2.05, 4.69) is 47.2 Å². The summed E-state index contributed by atoms with van der Waals surface area (Å²) in [6, 6.07) is 11.3. The first kappa shape index (κ1) is 10.7. The second-order valence-corrected chi connectivity index (χ2v) is 3.62. The second kappa shape index (κ2) is 5.36. The first-order valence-electron chi connectivity index (χ1n) is 4.85. The van der Waals surface area contributed by atoms with Gasteiger partial charge in [0, 0.05) is 0 Å². The Morgan fingerprint density at radius 1 is 1.21 bits per heavy atom. The van der Waals surface area contributed by atoms with Gasteiger partial charge in [0.2, 0.25) is 0 Å². The molecule has 0 fully saturated rings. The van der Waals surface area contributed by atoms with Crippen LogP contribution in [-0.4, -0.2) is 12.1 Å². The van der Waals surface area contributed by atoms with Crippen molar-refractivity contribution in [3.8, 4) is 0 Å². The van der Waals surface area contributed by atoms with E-state index >= 15 is 0 Å². The molecular weight excluding hydrogens is 172 g/mol. The van der Waals surface area contributed by atoms with Gasteiger partial charge in [-0.2, -0.15) is 0 Å². The molecule has 0 saturated heterocycles. The van der Waals surface area contributed by atoms with Crippen molar-refractivity contribution in [1.29, 1.82) is 0 Å². The van der Waals surface area contributed by atoms with Crippen molar-refractivity contribution in [2.24, 2.45) is 9.98 Å². The smallest absolute Gasteiger partial charge is 0.0898 e. The molecule has 0 heterocycles. The molecule has 0 saturated carbocycles. The molecule has 0 radical (unpaired) electrons. The number of hydrogen-bond acceptors (Lipinski definition) is 2. The average molecular weight is 188 g/mol. The third kappa shape index (κ3) is 4.01. The van der Waals surface area contributed by atoms with Gasteiger partial charge in [-0.15, -0.1) is 0 Å². The van der Waals surface area contributed by atoms with Crippen LogP contribution in [-0.2, 0) is 6.54 Å². The Labute approximate surface area is 85.4 Å². The van der Waals surface area contributed by atoms with Gasteiger partial charge in [0.05, 0.1) is 18.6 Å². The molecule has 14 heavy (non-hydrogen) atoms. The Morgan fingerprint density at radius 3 is 2.43 bits per heavy atom. The minimum atomic E-state index is 0.275. The number of aryl methyl sites for hydroxylation is 1. The summed E-state index contributed by atoms with van der Waals surface area (Å²) < 4.78 is 0. The molecule has 1 aromatic rings. The van der Waals surface area contributed by atoms with E-state index in [1.165, 1.54) is 11.1 Å². The summed E-state index contributed by atoms with van der Waals surface area (Å²) in [7, 11) is 0. The molecule has 0 aromatic heterocycles. The Balaban J connectivity index is 2.54. The molecule has 0 bridgehead atoms. The van der Waals surface area contributed by atoms with Gasteiger partial charge in [0.1, 0.15) is 0 Å². The van der Waals surface area contributed by atoms with E-state index in [4.69, 9.17) is 0 Å². The van der Waals surface area contributed by atoms with Crippen molar-refractivity contribution in [2.45, 2.75) is 33.4 Å². The summed E-state index contributed by atoms with van der Waals surface area (Å²) in [4.78, 5) is 8.14. The van der Waals surface area contributed by atoms with E-state index in [-0.39, 0.29) is 6.04 Å². The van der Waals surface area contributed by atoms with Crippen LogP contribution < -0.4 is 0 Å². The number of rotatable bonds is 3. The third-order valence-corrected chi connectivity index (χ3v) is 1.77. The molecule has 0 spiro atoms. The molecular formula is C12H16N2. The van der Waals surface area contributed by atoms with E-state index in [1.807, 2.05) is 13.8 Å². The fraction of sp³-hybridized carbons (Fsp3) is 0.417. The quantitative estimate of drug-likeness (QED) is 0.651. The zero-order chi connectivity index (χ0) is 10.4. The summed E-state index contributed by atoms with van der Waals surface area (Å²) in [5, 5.41) is 0. The van der Waals surface area contributed by atoms with Crippen molar-refractivity contribution in [3.63, 3.8) is 0 Å². The Morgan fingerprint density at radius 2 is 1.86 bits per heavy atom. The van der Waals surface area contributed by atoms with Crippen LogP contribution in [0, 0.1) is 6.92 Å². The van der Waals surface area contributed by atoms with Gasteiger partial charge in [-0.1, -0.05) is 29.8 Å². The molecule has 0 atom stereocenters. The molecule has 74 valence electrons. The van der Waals surface area contributed by atoms with E-state index in [1.54, 1.807) is 0 Å². The van der Waals surface area contributed by atoms with Gasteiger partial charge < -0.3 is 0 Å². The highest BCUT2D eigenvalue weighted by Crippen LogP contribution is 2.03. The van der Waals surface area contributed by atoms with Crippen LogP contribution in [0.5, 0.6) is 0 Å². The molecule has 0 aliphatic rings. The number of benzene rings is 1. The van der Waals surface area contributed by atoms with Crippen LogP contribution in [0.1, 0.15) is 25.0 Å². The average Bonchev–Trinajstić information content (AvgIpc) is 2.15. The van der Waals surface area contributed by atoms with E-state index in [9.17, 15) is 0 Å². The summed E-state index contributed by atoms with van der Waals surface area (Å²) in [5.41, 5.74) is 2.47. The van der Waals surface area contributed by atoms with Crippen LogP contribution in [0.25, 0.3) is 0 Å². The summed E-state index contributed by atoms with van der Waals surface area (Å²) in [6.45, 7) is 6.76. The highest BCUT2D eigenvalue weighted by Gasteiger charge is 1.88. The lowest BCUT2D eigenvalue weighted by Gasteiger charge is -1.95. The predicted octanol–water partition coefficient (Wildman–Crippen LogP) is 3.08. The van der Waals surface area contributed by atoms with Gasteiger partial charge in [-0.3, -0.25) is 0 Å². The molecule has 1 aromatic carbocycles. The molecule has 0 aliphatic heterocycles. The predicted molar refractivity (Wildman–Crippen MR) is 59.9 cm³/mol. The van der Waals surface area contributed by atoms with Gasteiger partial charge in [-0.05, 0) is 26.3 Å². The minimum Gasteiger partial charge on any atom is -0.223 e. The normalized spacial score (nSPS) is 9.71. The van der Waals surface area contributed by atoms with Crippen molar-refractivity contribution in [3.05, 3.63) is 35.4 Å². The third-order valence-electron chi connectivity index (χ3n) is 1.77. The van der Waals surface area contributed by atoms with E-state index in [0.29, 0.717) is 6.54 Å². The summed E-state index contributed by atoms with van der Waals surface area (Å²) in [5.74, 6) is 0. The van der Waals surface area contributed by atoms with Crippen LogP contribution in [0.2, 0.25) is 0 Å². The number of nitrogens with zero attached hydrogens (tertiary/aromatic N) is 2. The SMILES string of the molecule is Cc1ccc(CN=C=NC(C)C)cc1. The Hall–Kier alpha value is -1.40. The van der Waals surface area contributed by atoms with Crippen molar-refractivity contribution < 1.29 is 0 Å². The lowest BCUT2D eigenvalue weighted by Crippen LogP contribution is -1.85. The topological polar surface area (TPSA) is 24.7 Å². The Bertz CT molecular complexity index is 330. The van der Waals surface area contributed by atoms with Crippen molar-refractivity contribution in [2.75, 3.05) is 0 Å². The fourth-order valence-electron chi connectivity index (χ4n) is 0.976. The number of aliphatic imine (C=N–C) groups is 2. The molecule has 0 N–H and O–H groups in total. The summed E-state index contributed by atoms with van der Waals surface area (Å²) in [6.07, 6.45) is 0. The maximum Gasteiger partial charge on any atom is 0.0898 e. The van der Waals surface area contributed by atoms with Gasteiger partial charge in [0.25, 0.3) is 0 Å². The van der Waals surface area contributed by atoms with E-state index in [0.717, 1.165) is 0 Å². The molecule has 2 nitrogen and oxygen atoms in total. The monoisotopic (exact) mass is 188 g/mol. The molecule has 1 rings (SSSR count). The fourth-order valence-corrected chi connectivity index (χ4v) is 0.976. The van der Waals surface area contributed by atoms with Gasteiger partial charge in [0.15, 0.2) is 0 Å². The first-order chi connectivity index (χ1) is 6.68. The largest absolute Gasteiger partial charge is 0.223 e. The molecule has 0 aliphatic carbocycles. The Kier molecular flexibility index (Phi) is 4.09. The minimum absolute atomic E-state index is 0.275. The maximum absolute atomic E-state index is 4.09. The molecule has 0 amide bonds. The van der Waals surface area contributed by atoms with Crippen LogP contribution in [0.4, 0.5) is 0 Å². The highest BCUT2D eigenvalue weighted by molar-refractivity contribution is 5.41. The lowest BCUT2D eigenvalue weighted by atomic mass is 10.1. The lowest BCUT2D eigenvalue weighted by molar-refractivity contribution is 0.839. The van der Waals surface area contributed by atoms with Crippen LogP contribution >= 0.6 is 0 Å². The molecule has 0 unspecified atom stereocenters. The standard InChI is InChI=1S/C12H16N2/c1-10(2)14-9-13-8-12-6-4-11(3)5-7-12/h4-7,10H,8H2,1-3H3. The first-order valence-corrected chi connectivity index (χ1v) is 4.85. The summed E-state index contributed by atoms with van der Waals surface area (Å²) >= 11 is 0. The van der Waals surface area contributed by atoms with Crippen LogP contribution in [0.15, 0.2) is 34.3 Å². The second-order valence-electron chi connectivity index (χ2n) is 3.62. The van der Waals surface area contributed by atoms with E-state index < -0.39 is 0 Å². The van der Waals surface area contributed by atoms with Crippen molar-refractivity contribution >= 4 is 6.01 Å². The van der Waals surface area contributed by atoms with Gasteiger partial charge >= 0.3 is 0 Å². The molecule has 2 heteroatoms. The van der Waals surface area contributed by atoms with Crippen LogP contribution in [0.3, 0.4) is 0 Å². The number of hydrogen-bond donors (Lipinski definition) is 0. The maximum atomic E-state index is 4.09. The zero-order valence-electron chi connectivity index (χ0n) is 8.99. The van der Waals surface area contributed by atoms with Gasteiger partial charge in [-0.25, -0.2) is 9.98 Å².